The molecule has 1 aromatic carbocycles. The molecule has 0 bridgehead atoms. The lowest BCUT2D eigenvalue weighted by molar-refractivity contribution is -0.141. The van der Waals surface area contributed by atoms with E-state index < -0.39 is 17.8 Å². The van der Waals surface area contributed by atoms with Crippen LogP contribution in [0.3, 0.4) is 0 Å². The minimum Gasteiger partial charge on any atom is -0.378 e. The second-order valence-corrected chi connectivity index (χ2v) is 8.26. The third-order valence-electron chi connectivity index (χ3n) is 5.72. The molecule has 1 aliphatic heterocycles. The second kappa shape index (κ2) is 10.8. The van der Waals surface area contributed by atoms with Crippen LogP contribution >= 0.6 is 0 Å². The van der Waals surface area contributed by atoms with Crippen molar-refractivity contribution < 1.29 is 22.7 Å². The van der Waals surface area contributed by atoms with E-state index in [0.29, 0.717) is 24.6 Å². The summed E-state index contributed by atoms with van der Waals surface area (Å²) in [6, 6.07) is 9.35. The van der Waals surface area contributed by atoms with Gasteiger partial charge < -0.3 is 15.0 Å². The van der Waals surface area contributed by atoms with E-state index in [-0.39, 0.29) is 5.56 Å². The van der Waals surface area contributed by atoms with Crippen LogP contribution in [0.2, 0.25) is 0 Å². The first-order chi connectivity index (χ1) is 17.3. The molecule has 1 saturated heterocycles. The average Bonchev–Trinajstić information content (AvgIpc) is 2.88. The van der Waals surface area contributed by atoms with Gasteiger partial charge in [-0.05, 0) is 54.3 Å². The molecule has 6 nitrogen and oxygen atoms in total. The van der Waals surface area contributed by atoms with Gasteiger partial charge in [0, 0.05) is 48.7 Å². The number of hydrogen-bond acceptors (Lipinski definition) is 5. The molecule has 1 aliphatic rings. The Kier molecular flexibility index (Phi) is 7.55. The van der Waals surface area contributed by atoms with Crippen LogP contribution in [0.1, 0.15) is 40.7 Å². The van der Waals surface area contributed by atoms with Crippen LogP contribution in [-0.2, 0) is 10.9 Å². The number of pyridine rings is 2. The molecule has 36 heavy (non-hydrogen) atoms. The molecule has 1 N–H and O–H groups in total. The van der Waals surface area contributed by atoms with Gasteiger partial charge in [-0.2, -0.15) is 13.2 Å². The molecular formula is C27H25F3N4O2. The number of benzene rings is 1. The first-order valence-corrected chi connectivity index (χ1v) is 11.5. The Labute approximate surface area is 207 Å². The van der Waals surface area contributed by atoms with E-state index in [4.69, 9.17) is 4.74 Å². The molecule has 186 valence electrons. The van der Waals surface area contributed by atoms with Gasteiger partial charge in [-0.3, -0.25) is 9.78 Å². The van der Waals surface area contributed by atoms with Crippen LogP contribution in [0.15, 0.2) is 48.8 Å². The van der Waals surface area contributed by atoms with Crippen molar-refractivity contribution in [1.29, 1.82) is 0 Å². The fourth-order valence-corrected chi connectivity index (χ4v) is 3.86. The fourth-order valence-electron chi connectivity index (χ4n) is 3.86. The Morgan fingerprint density at radius 3 is 2.64 bits per heavy atom. The number of nitrogens with zero attached hydrogens (tertiary/aromatic N) is 3. The van der Waals surface area contributed by atoms with Crippen LogP contribution < -0.4 is 10.2 Å². The van der Waals surface area contributed by atoms with E-state index in [1.54, 1.807) is 18.3 Å². The van der Waals surface area contributed by atoms with Crippen molar-refractivity contribution in [3.8, 4) is 23.0 Å². The number of aromatic nitrogens is 2. The standard InChI is InChI=1S/C27H25F3N4O2/c1-3-4-5-23-24(34-10-12-36-13-11-34)14-20(17-32-23)22-16-21(7-6-18(22)2)33-26(35)19-8-9-31-25(15-19)27(28,29)30/h6-9,14-17H,3,10-13H2,1-2H3,(H,33,35). The van der Waals surface area contributed by atoms with E-state index in [2.05, 4.69) is 32.0 Å². The summed E-state index contributed by atoms with van der Waals surface area (Å²) in [6.07, 6.45) is -1.20. The van der Waals surface area contributed by atoms with Gasteiger partial charge in [0.05, 0.1) is 18.9 Å². The molecule has 3 aromatic rings. The Bertz CT molecular complexity index is 1320. The first kappa shape index (κ1) is 25.2. The Morgan fingerprint density at radius 2 is 1.92 bits per heavy atom. The average molecular weight is 495 g/mol. The molecule has 4 rings (SSSR count). The maximum Gasteiger partial charge on any atom is 0.433 e. The summed E-state index contributed by atoms with van der Waals surface area (Å²) in [4.78, 5) is 22.8. The van der Waals surface area contributed by atoms with Gasteiger partial charge >= 0.3 is 6.18 Å². The Balaban J connectivity index is 1.65. The lowest BCUT2D eigenvalue weighted by atomic mass is 10.00. The number of carbonyl (C=O) groups is 1. The van der Waals surface area contributed by atoms with E-state index in [1.807, 2.05) is 26.0 Å². The molecule has 1 fully saturated rings. The highest BCUT2D eigenvalue weighted by Gasteiger charge is 2.33. The molecule has 0 saturated carbocycles. The maximum absolute atomic E-state index is 13.0. The van der Waals surface area contributed by atoms with Crippen molar-refractivity contribution in [3.63, 3.8) is 0 Å². The lowest BCUT2D eigenvalue weighted by Gasteiger charge is -2.29. The first-order valence-electron chi connectivity index (χ1n) is 11.5. The minimum absolute atomic E-state index is 0.130. The van der Waals surface area contributed by atoms with Crippen molar-refractivity contribution in [3.05, 3.63) is 71.3 Å². The van der Waals surface area contributed by atoms with E-state index in [9.17, 15) is 18.0 Å². The van der Waals surface area contributed by atoms with Crippen LogP contribution in [0.5, 0.6) is 0 Å². The quantitative estimate of drug-likeness (QED) is 0.497. The summed E-state index contributed by atoms with van der Waals surface area (Å²) in [7, 11) is 0. The topological polar surface area (TPSA) is 67.4 Å². The smallest absolute Gasteiger partial charge is 0.378 e. The summed E-state index contributed by atoms with van der Waals surface area (Å²) in [5, 5.41) is 2.69. The Morgan fingerprint density at radius 1 is 1.14 bits per heavy atom. The highest BCUT2D eigenvalue weighted by Crippen LogP contribution is 2.32. The van der Waals surface area contributed by atoms with Crippen molar-refractivity contribution in [1.82, 2.24) is 9.97 Å². The predicted octanol–water partition coefficient (Wildman–Crippen LogP) is 5.32. The molecule has 2 aromatic heterocycles. The van der Waals surface area contributed by atoms with Crippen molar-refractivity contribution in [2.75, 3.05) is 36.5 Å². The van der Waals surface area contributed by atoms with E-state index >= 15 is 0 Å². The highest BCUT2D eigenvalue weighted by molar-refractivity contribution is 6.04. The molecule has 3 heterocycles. The number of aryl methyl sites for hydroxylation is 1. The zero-order valence-corrected chi connectivity index (χ0v) is 19.9. The normalized spacial score (nSPS) is 13.6. The maximum atomic E-state index is 13.0. The zero-order valence-electron chi connectivity index (χ0n) is 19.9. The Hall–Kier alpha value is -3.90. The summed E-state index contributed by atoms with van der Waals surface area (Å²) >= 11 is 0. The number of morpholine rings is 1. The van der Waals surface area contributed by atoms with Crippen molar-refractivity contribution >= 4 is 17.3 Å². The number of ether oxygens (including phenoxy) is 1. The number of alkyl halides is 3. The molecule has 0 spiro atoms. The highest BCUT2D eigenvalue weighted by atomic mass is 19.4. The van der Waals surface area contributed by atoms with Crippen LogP contribution in [-0.4, -0.2) is 42.2 Å². The summed E-state index contributed by atoms with van der Waals surface area (Å²) < 4.78 is 44.5. The fraction of sp³-hybridized carbons (Fsp3) is 0.296. The van der Waals surface area contributed by atoms with Gasteiger partial charge in [-0.25, -0.2) is 4.98 Å². The SMILES string of the molecule is CCC#Cc1ncc(-c2cc(NC(=O)c3ccnc(C(F)(F)F)c3)ccc2C)cc1N1CCOCC1. The van der Waals surface area contributed by atoms with Crippen molar-refractivity contribution in [2.24, 2.45) is 0 Å². The third-order valence-corrected chi connectivity index (χ3v) is 5.72. The number of halogens is 3. The molecule has 9 heteroatoms. The lowest BCUT2D eigenvalue weighted by Crippen LogP contribution is -2.36. The molecule has 0 atom stereocenters. The van der Waals surface area contributed by atoms with Crippen LogP contribution in [0.4, 0.5) is 24.5 Å². The number of amides is 1. The van der Waals surface area contributed by atoms with Crippen LogP contribution in [0.25, 0.3) is 11.1 Å². The number of rotatable bonds is 4. The van der Waals surface area contributed by atoms with Crippen molar-refractivity contribution in [2.45, 2.75) is 26.4 Å². The van der Waals surface area contributed by atoms with Gasteiger partial charge in [0.1, 0.15) is 11.4 Å². The minimum atomic E-state index is -4.63. The number of carbonyl (C=O) groups excluding carboxylic acids is 1. The molecule has 1 amide bonds. The molecule has 0 aliphatic carbocycles. The molecule has 0 unspecified atom stereocenters. The number of nitrogens with one attached hydrogen (secondary N) is 1. The van der Waals surface area contributed by atoms with Gasteiger partial charge in [-0.15, -0.1) is 0 Å². The van der Waals surface area contributed by atoms with Gasteiger partial charge in [0.15, 0.2) is 0 Å². The molecule has 0 radical (unpaired) electrons. The van der Waals surface area contributed by atoms with E-state index in [0.717, 1.165) is 54.2 Å². The zero-order chi connectivity index (χ0) is 25.7. The number of hydrogen-bond donors (Lipinski definition) is 1. The third kappa shape index (κ3) is 5.83. The summed E-state index contributed by atoms with van der Waals surface area (Å²) in [6.45, 7) is 6.63. The summed E-state index contributed by atoms with van der Waals surface area (Å²) in [5.41, 5.74) is 3.46. The largest absolute Gasteiger partial charge is 0.433 e. The van der Waals surface area contributed by atoms with Gasteiger partial charge in [-0.1, -0.05) is 18.9 Å². The monoisotopic (exact) mass is 494 g/mol. The number of anilines is 2. The second-order valence-electron chi connectivity index (χ2n) is 8.26. The molecular weight excluding hydrogens is 469 g/mol. The summed E-state index contributed by atoms with van der Waals surface area (Å²) in [5.74, 6) is 5.56. The van der Waals surface area contributed by atoms with E-state index in [1.165, 1.54) is 6.07 Å². The predicted molar refractivity (Wildman–Crippen MR) is 132 cm³/mol. The van der Waals surface area contributed by atoms with Crippen LogP contribution in [0, 0.1) is 18.8 Å². The van der Waals surface area contributed by atoms with Gasteiger partial charge in [0.2, 0.25) is 0 Å². The van der Waals surface area contributed by atoms with Gasteiger partial charge in [0.25, 0.3) is 5.91 Å².